The molecule has 1 N–H and O–H groups in total. The van der Waals surface area contributed by atoms with Crippen molar-refractivity contribution in [1.29, 1.82) is 5.26 Å². The zero-order valence-corrected chi connectivity index (χ0v) is 17.7. The molecule has 0 bridgehead atoms. The average molecular weight is 439 g/mol. The van der Waals surface area contributed by atoms with Gasteiger partial charge in [0.05, 0.1) is 6.54 Å². The summed E-state index contributed by atoms with van der Waals surface area (Å²) in [5.74, 6) is 0.145. The Morgan fingerprint density at radius 2 is 1.87 bits per heavy atom. The molecule has 7 nitrogen and oxygen atoms in total. The first-order chi connectivity index (χ1) is 15.0. The maximum Gasteiger partial charge on any atom is 0.244 e. The molecule has 1 aliphatic heterocycles. The Kier molecular flexibility index (Phi) is 7.91. The predicted octanol–water partition coefficient (Wildman–Crippen LogP) is 2.72. The van der Waals surface area contributed by atoms with Gasteiger partial charge < -0.3 is 19.9 Å². The Hall–Kier alpha value is -3.50. The molecule has 160 valence electrons. The van der Waals surface area contributed by atoms with Crippen LogP contribution < -0.4 is 15.0 Å². The molecular weight excluding hydrogens is 416 g/mol. The number of hydrogen-bond acceptors (Lipinski definition) is 5. The molecule has 1 aliphatic rings. The van der Waals surface area contributed by atoms with Gasteiger partial charge in [-0.05, 0) is 42.0 Å². The van der Waals surface area contributed by atoms with Crippen LogP contribution in [0.1, 0.15) is 5.56 Å². The van der Waals surface area contributed by atoms with Gasteiger partial charge >= 0.3 is 0 Å². The summed E-state index contributed by atoms with van der Waals surface area (Å²) in [5, 5.41) is 11.8. The van der Waals surface area contributed by atoms with E-state index in [1.165, 1.54) is 6.08 Å². The highest BCUT2D eigenvalue weighted by Crippen LogP contribution is 2.20. The Bertz CT molecular complexity index is 977. The van der Waals surface area contributed by atoms with Crippen LogP contribution in [-0.2, 0) is 9.59 Å². The highest BCUT2D eigenvalue weighted by molar-refractivity contribution is 6.30. The summed E-state index contributed by atoms with van der Waals surface area (Å²) in [4.78, 5) is 28.4. The van der Waals surface area contributed by atoms with Crippen molar-refractivity contribution in [3.05, 3.63) is 65.2 Å². The lowest BCUT2D eigenvalue weighted by Gasteiger charge is -2.36. The smallest absolute Gasteiger partial charge is 0.244 e. The number of carbonyl (C=O) groups excluding carboxylic acids is 2. The fourth-order valence-electron chi connectivity index (χ4n) is 3.18. The van der Waals surface area contributed by atoms with Crippen LogP contribution in [0.25, 0.3) is 6.08 Å². The number of anilines is 1. The van der Waals surface area contributed by atoms with E-state index in [-0.39, 0.29) is 25.0 Å². The molecule has 1 fully saturated rings. The lowest BCUT2D eigenvalue weighted by Crippen LogP contribution is -2.51. The topological polar surface area (TPSA) is 85.7 Å². The normalized spacial score (nSPS) is 13.7. The van der Waals surface area contributed by atoms with E-state index in [1.807, 2.05) is 30.3 Å². The van der Waals surface area contributed by atoms with Gasteiger partial charge in [0.1, 0.15) is 11.8 Å². The van der Waals surface area contributed by atoms with Crippen molar-refractivity contribution in [3.8, 4) is 11.8 Å². The van der Waals surface area contributed by atoms with Crippen molar-refractivity contribution < 1.29 is 14.3 Å². The number of nitrogens with zero attached hydrogens (tertiary/aromatic N) is 3. The zero-order valence-electron chi connectivity index (χ0n) is 17.0. The van der Waals surface area contributed by atoms with E-state index >= 15 is 0 Å². The van der Waals surface area contributed by atoms with Gasteiger partial charge in [0.25, 0.3) is 0 Å². The lowest BCUT2D eigenvalue weighted by atomic mass is 10.2. The first-order valence-electron chi connectivity index (χ1n) is 9.89. The van der Waals surface area contributed by atoms with Crippen molar-refractivity contribution in [2.24, 2.45) is 0 Å². The number of ether oxygens (including phenoxy) is 1. The third-order valence-electron chi connectivity index (χ3n) is 4.83. The van der Waals surface area contributed by atoms with Crippen LogP contribution in [0.3, 0.4) is 0 Å². The number of amides is 2. The van der Waals surface area contributed by atoms with Gasteiger partial charge in [-0.25, -0.2) is 0 Å². The fraction of sp³-hybridized carbons (Fsp3) is 0.261. The molecule has 0 saturated carbocycles. The summed E-state index contributed by atoms with van der Waals surface area (Å²) >= 11 is 6.05. The highest BCUT2D eigenvalue weighted by atomic mass is 35.5. The van der Waals surface area contributed by atoms with Crippen LogP contribution >= 0.6 is 11.6 Å². The molecule has 2 aromatic rings. The summed E-state index contributed by atoms with van der Waals surface area (Å²) < 4.78 is 5.18. The van der Waals surface area contributed by atoms with E-state index in [2.05, 4.69) is 10.2 Å². The van der Waals surface area contributed by atoms with Crippen LogP contribution in [0.15, 0.2) is 54.6 Å². The second-order valence-electron chi connectivity index (χ2n) is 6.91. The summed E-state index contributed by atoms with van der Waals surface area (Å²) in [6.07, 6.45) is 3.03. The van der Waals surface area contributed by atoms with E-state index in [0.29, 0.717) is 37.0 Å². The lowest BCUT2D eigenvalue weighted by molar-refractivity contribution is -0.132. The maximum atomic E-state index is 12.4. The van der Waals surface area contributed by atoms with Crippen LogP contribution in [0.5, 0.6) is 5.75 Å². The minimum absolute atomic E-state index is 0.0126. The molecule has 1 heterocycles. The largest absolute Gasteiger partial charge is 0.479 e. The summed E-state index contributed by atoms with van der Waals surface area (Å²) in [7, 11) is 0. The van der Waals surface area contributed by atoms with Crippen molar-refractivity contribution in [1.82, 2.24) is 10.2 Å². The van der Waals surface area contributed by atoms with Crippen molar-refractivity contribution >= 4 is 35.2 Å². The molecule has 0 aromatic heterocycles. The molecule has 0 aliphatic carbocycles. The SMILES string of the molecule is N#CCOc1ccc(/C=C/C(=O)NCC(=O)N2CCN(c3cccc(Cl)c3)CC2)cc1. The quantitative estimate of drug-likeness (QED) is 0.672. The van der Waals surface area contributed by atoms with Gasteiger partial charge in [0.2, 0.25) is 11.8 Å². The number of piperazine rings is 1. The number of nitriles is 1. The van der Waals surface area contributed by atoms with Crippen LogP contribution in [0.2, 0.25) is 5.02 Å². The van der Waals surface area contributed by atoms with Crippen LogP contribution in [0.4, 0.5) is 5.69 Å². The minimum atomic E-state index is -0.337. The zero-order chi connectivity index (χ0) is 22.1. The molecule has 0 spiro atoms. The van der Waals surface area contributed by atoms with E-state index < -0.39 is 0 Å². The van der Waals surface area contributed by atoms with Gasteiger partial charge in [0, 0.05) is 43.0 Å². The first-order valence-corrected chi connectivity index (χ1v) is 10.3. The number of hydrogen-bond donors (Lipinski definition) is 1. The van der Waals surface area contributed by atoms with E-state index in [9.17, 15) is 9.59 Å². The molecule has 0 radical (unpaired) electrons. The van der Waals surface area contributed by atoms with Crippen LogP contribution in [-0.4, -0.2) is 56.0 Å². The second kappa shape index (κ2) is 11.0. The fourth-order valence-corrected chi connectivity index (χ4v) is 3.37. The van der Waals surface area contributed by atoms with E-state index in [1.54, 1.807) is 35.2 Å². The highest BCUT2D eigenvalue weighted by Gasteiger charge is 2.21. The van der Waals surface area contributed by atoms with Crippen molar-refractivity contribution in [3.63, 3.8) is 0 Å². The van der Waals surface area contributed by atoms with Gasteiger partial charge in [0.15, 0.2) is 6.61 Å². The Balaban J connectivity index is 1.41. The summed E-state index contributed by atoms with van der Waals surface area (Å²) in [5.41, 5.74) is 1.85. The maximum absolute atomic E-state index is 12.4. The molecule has 31 heavy (non-hydrogen) atoms. The number of nitrogens with one attached hydrogen (secondary N) is 1. The van der Waals surface area contributed by atoms with E-state index in [0.717, 1.165) is 11.3 Å². The van der Waals surface area contributed by atoms with Gasteiger partial charge in [-0.3, -0.25) is 9.59 Å². The van der Waals surface area contributed by atoms with E-state index in [4.69, 9.17) is 21.6 Å². The summed E-state index contributed by atoms with van der Waals surface area (Å²) in [6, 6.07) is 16.6. The predicted molar refractivity (Wildman–Crippen MR) is 120 cm³/mol. The number of rotatable bonds is 7. The molecule has 0 atom stereocenters. The molecule has 0 unspecified atom stereocenters. The first kappa shape index (κ1) is 22.2. The third-order valence-corrected chi connectivity index (χ3v) is 5.07. The molecule has 2 aromatic carbocycles. The molecular formula is C23H23ClN4O3. The standard InChI is InChI=1S/C23H23ClN4O3/c24-19-2-1-3-20(16-19)27-11-13-28(14-12-27)23(30)17-26-22(29)9-6-18-4-7-21(8-5-18)31-15-10-25/h1-9,16H,11-15,17H2,(H,26,29)/b9-6+. The van der Waals surface area contributed by atoms with Crippen molar-refractivity contribution in [2.45, 2.75) is 0 Å². The van der Waals surface area contributed by atoms with Crippen molar-refractivity contribution in [2.75, 3.05) is 44.2 Å². The molecule has 3 rings (SSSR count). The Labute approximate surface area is 186 Å². The molecule has 1 saturated heterocycles. The number of benzene rings is 2. The summed E-state index contributed by atoms with van der Waals surface area (Å²) in [6.45, 7) is 2.57. The van der Waals surface area contributed by atoms with Crippen LogP contribution in [0, 0.1) is 11.3 Å². The average Bonchev–Trinajstić information content (AvgIpc) is 2.80. The van der Waals surface area contributed by atoms with Gasteiger partial charge in [-0.2, -0.15) is 5.26 Å². The number of halogens is 1. The van der Waals surface area contributed by atoms with Gasteiger partial charge in [-0.1, -0.05) is 29.8 Å². The second-order valence-corrected chi connectivity index (χ2v) is 7.35. The number of carbonyl (C=O) groups is 2. The molecule has 8 heteroatoms. The Morgan fingerprint density at radius 3 is 2.55 bits per heavy atom. The monoisotopic (exact) mass is 438 g/mol. The Morgan fingerprint density at radius 1 is 1.13 bits per heavy atom. The molecule has 2 amide bonds. The van der Waals surface area contributed by atoms with Gasteiger partial charge in [-0.15, -0.1) is 0 Å². The minimum Gasteiger partial charge on any atom is -0.479 e. The third kappa shape index (κ3) is 6.76.